The number of hydrogen-bond donors (Lipinski definition) is 2. The van der Waals surface area contributed by atoms with Crippen LogP contribution in [-0.2, 0) is 10.0 Å². The van der Waals surface area contributed by atoms with Gasteiger partial charge < -0.3 is 5.32 Å². The number of thiophene rings is 1. The maximum Gasteiger partial charge on any atom is 0.272 e. The summed E-state index contributed by atoms with van der Waals surface area (Å²) in [6, 6.07) is 6.32. The molecule has 0 fully saturated rings. The van der Waals surface area contributed by atoms with Crippen LogP contribution in [0.15, 0.2) is 39.9 Å². The second kappa shape index (κ2) is 6.81. The van der Waals surface area contributed by atoms with Gasteiger partial charge >= 0.3 is 0 Å². The summed E-state index contributed by atoms with van der Waals surface area (Å²) >= 11 is 1.10. The van der Waals surface area contributed by atoms with E-state index in [2.05, 4.69) is 10.0 Å². The zero-order chi connectivity index (χ0) is 16.2. The fourth-order valence-electron chi connectivity index (χ4n) is 1.63. The fourth-order valence-corrected chi connectivity index (χ4v) is 3.70. The third kappa shape index (κ3) is 4.00. The number of nitro groups is 1. The molecule has 2 aromatic rings. The van der Waals surface area contributed by atoms with Gasteiger partial charge in [0, 0.05) is 19.2 Å². The number of non-ortho nitro benzene ring substituents is 1. The fraction of sp³-hybridized carbons (Fsp3) is 0.167. The molecule has 0 bridgehead atoms. The number of sulfonamides is 1. The van der Waals surface area contributed by atoms with Crippen LogP contribution in [0.1, 0.15) is 0 Å². The van der Waals surface area contributed by atoms with Crippen LogP contribution in [-0.4, -0.2) is 26.4 Å². The first-order valence-corrected chi connectivity index (χ1v) is 8.47. The molecular weight excluding hydrogens is 333 g/mol. The van der Waals surface area contributed by atoms with E-state index in [4.69, 9.17) is 0 Å². The number of anilines is 1. The van der Waals surface area contributed by atoms with Crippen LogP contribution in [0.3, 0.4) is 0 Å². The average Bonchev–Trinajstić information content (AvgIpc) is 2.99. The van der Waals surface area contributed by atoms with Crippen LogP contribution in [0, 0.1) is 15.9 Å². The monoisotopic (exact) mass is 345 g/mol. The summed E-state index contributed by atoms with van der Waals surface area (Å²) in [5.74, 6) is -0.768. The Labute approximate surface area is 130 Å². The van der Waals surface area contributed by atoms with Gasteiger partial charge in [-0.15, -0.1) is 11.3 Å². The van der Waals surface area contributed by atoms with E-state index in [0.29, 0.717) is 0 Å². The lowest BCUT2D eigenvalue weighted by Gasteiger charge is -2.08. The third-order valence-corrected chi connectivity index (χ3v) is 5.51. The number of hydrogen-bond acceptors (Lipinski definition) is 6. The number of benzene rings is 1. The number of halogens is 1. The highest BCUT2D eigenvalue weighted by atomic mass is 32.2. The van der Waals surface area contributed by atoms with Crippen molar-refractivity contribution in [3.05, 3.63) is 51.6 Å². The molecule has 0 saturated heterocycles. The van der Waals surface area contributed by atoms with Crippen molar-refractivity contribution in [1.82, 2.24) is 4.72 Å². The molecule has 1 heterocycles. The number of rotatable bonds is 7. The Hall–Kier alpha value is -2.04. The molecule has 0 aliphatic carbocycles. The van der Waals surface area contributed by atoms with Gasteiger partial charge in [0.15, 0.2) is 5.82 Å². The molecule has 1 aromatic carbocycles. The van der Waals surface area contributed by atoms with Gasteiger partial charge in [-0.25, -0.2) is 17.5 Å². The first kappa shape index (κ1) is 16.3. The Bertz CT molecular complexity index is 763. The summed E-state index contributed by atoms with van der Waals surface area (Å²) in [6.45, 7) is 0.190. The highest BCUT2D eigenvalue weighted by molar-refractivity contribution is 7.91. The van der Waals surface area contributed by atoms with Crippen molar-refractivity contribution in [2.75, 3.05) is 18.4 Å². The van der Waals surface area contributed by atoms with Crippen molar-refractivity contribution >= 4 is 32.7 Å². The van der Waals surface area contributed by atoms with Crippen molar-refractivity contribution in [2.24, 2.45) is 0 Å². The summed E-state index contributed by atoms with van der Waals surface area (Å²) in [4.78, 5) is 9.80. The van der Waals surface area contributed by atoms with E-state index in [0.717, 1.165) is 17.4 Å². The quantitative estimate of drug-likeness (QED) is 0.455. The topological polar surface area (TPSA) is 101 Å². The molecule has 0 aliphatic heterocycles. The Kier molecular flexibility index (Phi) is 5.06. The number of nitrogens with zero attached hydrogens (tertiary/aromatic N) is 1. The first-order valence-electron chi connectivity index (χ1n) is 6.11. The summed E-state index contributed by atoms with van der Waals surface area (Å²) < 4.78 is 39.8. The van der Waals surface area contributed by atoms with Crippen LogP contribution in [0.4, 0.5) is 15.8 Å². The summed E-state index contributed by atoms with van der Waals surface area (Å²) in [5, 5.41) is 14.8. The van der Waals surface area contributed by atoms with Gasteiger partial charge in [-0.1, -0.05) is 6.07 Å². The zero-order valence-electron chi connectivity index (χ0n) is 11.2. The Balaban J connectivity index is 1.88. The summed E-state index contributed by atoms with van der Waals surface area (Å²) in [6.07, 6.45) is 0. The largest absolute Gasteiger partial charge is 0.381 e. The average molecular weight is 345 g/mol. The van der Waals surface area contributed by atoms with Gasteiger partial charge in [-0.2, -0.15) is 0 Å². The molecule has 0 saturated carbocycles. The SMILES string of the molecule is O=[N+]([O-])c1ccc(NCCNS(=O)(=O)c2cccs2)c(F)c1. The van der Waals surface area contributed by atoms with Crippen LogP contribution < -0.4 is 10.0 Å². The molecule has 0 atom stereocenters. The minimum atomic E-state index is -3.55. The van der Waals surface area contributed by atoms with Crippen molar-refractivity contribution in [3.63, 3.8) is 0 Å². The second-order valence-electron chi connectivity index (χ2n) is 4.18. The van der Waals surface area contributed by atoms with E-state index in [1.807, 2.05) is 0 Å². The highest BCUT2D eigenvalue weighted by Crippen LogP contribution is 2.20. The Morgan fingerprint density at radius 1 is 1.27 bits per heavy atom. The molecule has 2 rings (SSSR count). The molecule has 0 amide bonds. The lowest BCUT2D eigenvalue weighted by molar-refractivity contribution is -0.385. The summed E-state index contributed by atoms with van der Waals surface area (Å²) in [7, 11) is -3.55. The molecule has 0 aliphatic rings. The van der Waals surface area contributed by atoms with E-state index in [1.54, 1.807) is 11.4 Å². The van der Waals surface area contributed by atoms with E-state index in [1.165, 1.54) is 18.2 Å². The molecule has 1 aromatic heterocycles. The first-order chi connectivity index (χ1) is 10.4. The van der Waals surface area contributed by atoms with Crippen LogP contribution in [0.5, 0.6) is 0 Å². The minimum Gasteiger partial charge on any atom is -0.381 e. The van der Waals surface area contributed by atoms with Crippen molar-refractivity contribution in [2.45, 2.75) is 4.21 Å². The van der Waals surface area contributed by atoms with Gasteiger partial charge in [0.2, 0.25) is 10.0 Å². The van der Waals surface area contributed by atoms with Crippen molar-refractivity contribution < 1.29 is 17.7 Å². The Morgan fingerprint density at radius 2 is 2.05 bits per heavy atom. The predicted molar refractivity (Wildman–Crippen MR) is 81.1 cm³/mol. The standard InChI is InChI=1S/C12H12FN3O4S2/c13-10-8-9(16(17)18)3-4-11(10)14-5-6-15-22(19,20)12-2-1-7-21-12/h1-4,7-8,14-15H,5-6H2. The van der Waals surface area contributed by atoms with Gasteiger partial charge in [0.1, 0.15) is 4.21 Å². The van der Waals surface area contributed by atoms with E-state index in [-0.39, 0.29) is 28.7 Å². The van der Waals surface area contributed by atoms with Crippen LogP contribution in [0.2, 0.25) is 0 Å². The molecule has 7 nitrogen and oxygen atoms in total. The van der Waals surface area contributed by atoms with Crippen LogP contribution >= 0.6 is 11.3 Å². The molecule has 0 unspecified atom stereocenters. The van der Waals surface area contributed by atoms with E-state index >= 15 is 0 Å². The lowest BCUT2D eigenvalue weighted by atomic mass is 10.2. The van der Waals surface area contributed by atoms with Crippen LogP contribution in [0.25, 0.3) is 0 Å². The smallest absolute Gasteiger partial charge is 0.272 e. The molecule has 0 spiro atoms. The summed E-state index contributed by atoms with van der Waals surface area (Å²) in [5.41, 5.74) is -0.276. The normalized spacial score (nSPS) is 11.3. The zero-order valence-corrected chi connectivity index (χ0v) is 12.8. The Morgan fingerprint density at radius 3 is 2.64 bits per heavy atom. The lowest BCUT2D eigenvalue weighted by Crippen LogP contribution is -2.28. The molecule has 118 valence electrons. The molecule has 0 radical (unpaired) electrons. The highest BCUT2D eigenvalue weighted by Gasteiger charge is 2.14. The van der Waals surface area contributed by atoms with Gasteiger partial charge in [-0.05, 0) is 17.5 Å². The second-order valence-corrected chi connectivity index (χ2v) is 7.12. The predicted octanol–water partition coefficient (Wildman–Crippen LogP) is 2.19. The van der Waals surface area contributed by atoms with Gasteiger partial charge in [0.05, 0.1) is 16.7 Å². The third-order valence-electron chi connectivity index (χ3n) is 2.66. The molecule has 2 N–H and O–H groups in total. The minimum absolute atomic E-state index is 0.0522. The number of nitro benzene ring substituents is 1. The molecule has 10 heteroatoms. The number of nitrogens with one attached hydrogen (secondary N) is 2. The van der Waals surface area contributed by atoms with Gasteiger partial charge in [0.25, 0.3) is 5.69 Å². The maximum atomic E-state index is 13.6. The van der Waals surface area contributed by atoms with Crippen molar-refractivity contribution in [3.8, 4) is 0 Å². The van der Waals surface area contributed by atoms with Gasteiger partial charge in [-0.3, -0.25) is 10.1 Å². The van der Waals surface area contributed by atoms with Crippen molar-refractivity contribution in [1.29, 1.82) is 0 Å². The molecule has 22 heavy (non-hydrogen) atoms. The molecular formula is C12H12FN3O4S2. The van der Waals surface area contributed by atoms with E-state index in [9.17, 15) is 22.9 Å². The maximum absolute atomic E-state index is 13.6. The van der Waals surface area contributed by atoms with E-state index < -0.39 is 20.8 Å².